The largest absolute Gasteiger partial charge is 0.396 e. The molecule has 0 saturated carbocycles. The fourth-order valence-electron chi connectivity index (χ4n) is 2.78. The van der Waals surface area contributed by atoms with Crippen LogP contribution in [0.3, 0.4) is 0 Å². The van der Waals surface area contributed by atoms with Gasteiger partial charge in [0.1, 0.15) is 11.5 Å². The van der Waals surface area contributed by atoms with Crippen LogP contribution in [-0.2, 0) is 6.54 Å². The molecule has 0 aliphatic heterocycles. The van der Waals surface area contributed by atoms with Crippen LogP contribution in [0.15, 0.2) is 53.4 Å². The summed E-state index contributed by atoms with van der Waals surface area (Å²) in [7, 11) is 3.84. The van der Waals surface area contributed by atoms with Gasteiger partial charge in [-0.25, -0.2) is 9.18 Å². The molecule has 0 unspecified atom stereocenters. The van der Waals surface area contributed by atoms with Crippen LogP contribution in [0.2, 0.25) is 0 Å². The van der Waals surface area contributed by atoms with Crippen LogP contribution in [0.4, 0.5) is 26.2 Å². The van der Waals surface area contributed by atoms with E-state index in [1.807, 2.05) is 19.0 Å². The fraction of sp³-hybridized carbons (Fsp3) is 0.227. The molecule has 0 atom stereocenters. The van der Waals surface area contributed by atoms with Gasteiger partial charge in [-0.15, -0.1) is 11.3 Å². The molecule has 0 bridgehead atoms. The van der Waals surface area contributed by atoms with Crippen molar-refractivity contribution in [1.82, 2.24) is 14.8 Å². The highest BCUT2D eigenvalue weighted by molar-refractivity contribution is 7.09. The van der Waals surface area contributed by atoms with Crippen LogP contribution >= 0.6 is 11.3 Å². The SMILES string of the molecule is CN(C)CCN(Cc1ccc(C(=O)Nc2cscc2N)nc1)C(=O)Nc1ccc(F)cc1. The number of aromatic nitrogens is 1. The van der Waals surface area contributed by atoms with Gasteiger partial charge in [-0.1, -0.05) is 6.07 Å². The maximum absolute atomic E-state index is 13.1. The number of amides is 3. The van der Waals surface area contributed by atoms with Gasteiger partial charge in [0.2, 0.25) is 0 Å². The standard InChI is InChI=1S/C22H25FN6O2S/c1-28(2)9-10-29(22(31)26-17-6-4-16(23)5-7-17)12-15-3-8-19(25-11-15)21(30)27-20-14-32-13-18(20)24/h3-8,11,13-14H,9-10,12,24H2,1-2H3,(H,26,31)(H,27,30). The average molecular weight is 457 g/mol. The minimum Gasteiger partial charge on any atom is -0.396 e. The summed E-state index contributed by atoms with van der Waals surface area (Å²) in [4.78, 5) is 33.0. The number of benzene rings is 1. The summed E-state index contributed by atoms with van der Waals surface area (Å²) in [6, 6.07) is 8.64. The number of pyridine rings is 1. The van der Waals surface area contributed by atoms with Crippen LogP contribution in [0.5, 0.6) is 0 Å². The van der Waals surface area contributed by atoms with E-state index >= 15 is 0 Å². The summed E-state index contributed by atoms with van der Waals surface area (Å²) in [6.45, 7) is 1.43. The van der Waals surface area contributed by atoms with Gasteiger partial charge in [0.15, 0.2) is 0 Å². The third-order valence-electron chi connectivity index (χ3n) is 4.57. The topological polar surface area (TPSA) is 104 Å². The van der Waals surface area contributed by atoms with Crippen molar-refractivity contribution in [2.75, 3.05) is 43.6 Å². The summed E-state index contributed by atoms with van der Waals surface area (Å²) >= 11 is 1.40. The first kappa shape index (κ1) is 23.2. The molecule has 0 fully saturated rings. The summed E-state index contributed by atoms with van der Waals surface area (Å²) < 4.78 is 13.1. The molecular formula is C22H25FN6O2S. The van der Waals surface area contributed by atoms with Crippen molar-refractivity contribution >= 4 is 40.3 Å². The van der Waals surface area contributed by atoms with Gasteiger partial charge < -0.3 is 26.2 Å². The first-order valence-corrected chi connectivity index (χ1v) is 10.8. The molecule has 168 valence electrons. The third-order valence-corrected chi connectivity index (χ3v) is 5.33. The summed E-state index contributed by atoms with van der Waals surface area (Å²) in [6.07, 6.45) is 1.57. The number of nitrogen functional groups attached to an aromatic ring is 1. The van der Waals surface area contributed by atoms with Crippen molar-refractivity contribution in [1.29, 1.82) is 0 Å². The normalized spacial score (nSPS) is 10.8. The number of nitrogens with zero attached hydrogens (tertiary/aromatic N) is 3. The van der Waals surface area contributed by atoms with Crippen molar-refractivity contribution in [3.63, 3.8) is 0 Å². The zero-order chi connectivity index (χ0) is 23.1. The number of hydrogen-bond donors (Lipinski definition) is 3. The zero-order valence-corrected chi connectivity index (χ0v) is 18.7. The minimum absolute atomic E-state index is 0.245. The van der Waals surface area contributed by atoms with E-state index in [1.54, 1.807) is 34.0 Å². The molecule has 1 aromatic carbocycles. The minimum atomic E-state index is -0.371. The first-order valence-electron chi connectivity index (χ1n) is 9.86. The Morgan fingerprint density at radius 3 is 2.41 bits per heavy atom. The Bertz CT molecular complexity index is 1050. The van der Waals surface area contributed by atoms with Gasteiger partial charge in [-0.2, -0.15) is 0 Å². The molecule has 0 aliphatic rings. The summed E-state index contributed by atoms with van der Waals surface area (Å²) in [5.74, 6) is -0.732. The number of thiophene rings is 1. The summed E-state index contributed by atoms with van der Waals surface area (Å²) in [5, 5.41) is 9.00. The number of nitrogens with one attached hydrogen (secondary N) is 2. The molecular weight excluding hydrogens is 431 g/mol. The highest BCUT2D eigenvalue weighted by Crippen LogP contribution is 2.23. The lowest BCUT2D eigenvalue weighted by Crippen LogP contribution is -2.39. The van der Waals surface area contributed by atoms with E-state index in [2.05, 4.69) is 15.6 Å². The average Bonchev–Trinajstić information content (AvgIpc) is 3.17. The maximum atomic E-state index is 13.1. The predicted molar refractivity (Wildman–Crippen MR) is 125 cm³/mol. The van der Waals surface area contributed by atoms with Gasteiger partial charge >= 0.3 is 6.03 Å². The number of rotatable bonds is 8. The highest BCUT2D eigenvalue weighted by atomic mass is 32.1. The monoisotopic (exact) mass is 456 g/mol. The molecule has 10 heteroatoms. The number of carbonyl (C=O) groups is 2. The second-order valence-electron chi connectivity index (χ2n) is 7.41. The molecule has 4 N–H and O–H groups in total. The van der Waals surface area contributed by atoms with E-state index in [4.69, 9.17) is 5.73 Å². The Balaban J connectivity index is 1.66. The zero-order valence-electron chi connectivity index (χ0n) is 17.8. The lowest BCUT2D eigenvalue weighted by atomic mass is 10.2. The van der Waals surface area contributed by atoms with Crippen LogP contribution in [-0.4, -0.2) is 53.9 Å². The van der Waals surface area contributed by atoms with E-state index in [1.165, 1.54) is 35.6 Å². The van der Waals surface area contributed by atoms with Crippen LogP contribution in [0, 0.1) is 5.82 Å². The lowest BCUT2D eigenvalue weighted by Gasteiger charge is -2.25. The number of carbonyl (C=O) groups excluding carboxylic acids is 2. The number of likely N-dealkylation sites (N-methyl/N-ethyl adjacent to an activating group) is 1. The van der Waals surface area contributed by atoms with Gasteiger partial charge in [0.25, 0.3) is 5.91 Å². The van der Waals surface area contributed by atoms with E-state index < -0.39 is 0 Å². The van der Waals surface area contributed by atoms with E-state index in [0.29, 0.717) is 36.7 Å². The quantitative estimate of drug-likeness (QED) is 0.479. The van der Waals surface area contributed by atoms with Crippen LogP contribution < -0.4 is 16.4 Å². The lowest BCUT2D eigenvalue weighted by molar-refractivity contribution is 0.102. The van der Waals surface area contributed by atoms with Gasteiger partial charge in [-0.05, 0) is 50.0 Å². The second-order valence-corrected chi connectivity index (χ2v) is 8.15. The molecule has 0 spiro atoms. The van der Waals surface area contributed by atoms with Gasteiger partial charge in [-0.3, -0.25) is 9.78 Å². The Kier molecular flexibility index (Phi) is 7.74. The van der Waals surface area contributed by atoms with Gasteiger partial charge in [0.05, 0.1) is 11.4 Å². The van der Waals surface area contributed by atoms with Crippen LogP contribution in [0.25, 0.3) is 0 Å². The molecule has 3 aromatic rings. The van der Waals surface area contributed by atoms with Crippen molar-refractivity contribution in [2.24, 2.45) is 0 Å². The maximum Gasteiger partial charge on any atom is 0.322 e. The molecule has 3 rings (SSSR count). The second kappa shape index (κ2) is 10.7. The number of nitrogens with two attached hydrogens (primary N) is 1. The number of urea groups is 1. The summed E-state index contributed by atoms with van der Waals surface area (Å²) in [5.41, 5.74) is 8.37. The van der Waals surface area contributed by atoms with Gasteiger partial charge in [0, 0.05) is 42.3 Å². The molecule has 8 nitrogen and oxygen atoms in total. The molecule has 3 amide bonds. The van der Waals surface area contributed by atoms with Crippen LogP contribution in [0.1, 0.15) is 16.1 Å². The predicted octanol–water partition coefficient (Wildman–Crippen LogP) is 3.71. The highest BCUT2D eigenvalue weighted by Gasteiger charge is 2.16. The van der Waals surface area contributed by atoms with Crippen molar-refractivity contribution in [2.45, 2.75) is 6.54 Å². The Labute approximate surface area is 189 Å². The van der Waals surface area contributed by atoms with Crippen molar-refractivity contribution in [3.05, 3.63) is 70.4 Å². The molecule has 0 aliphatic carbocycles. The van der Waals surface area contributed by atoms with Crippen molar-refractivity contribution in [3.8, 4) is 0 Å². The first-order chi connectivity index (χ1) is 15.3. The third kappa shape index (κ3) is 6.50. The molecule has 32 heavy (non-hydrogen) atoms. The van der Waals surface area contributed by atoms with Crippen molar-refractivity contribution < 1.29 is 14.0 Å². The smallest absolute Gasteiger partial charge is 0.322 e. The Morgan fingerprint density at radius 1 is 1.06 bits per heavy atom. The molecule has 0 radical (unpaired) electrons. The molecule has 0 saturated heterocycles. The number of anilines is 3. The number of halogens is 1. The Morgan fingerprint density at radius 2 is 1.81 bits per heavy atom. The number of hydrogen-bond acceptors (Lipinski definition) is 6. The van der Waals surface area contributed by atoms with E-state index in [0.717, 1.165) is 5.56 Å². The van der Waals surface area contributed by atoms with E-state index in [9.17, 15) is 14.0 Å². The Hall–Kier alpha value is -3.50. The molecule has 2 heterocycles. The van der Waals surface area contributed by atoms with E-state index in [-0.39, 0.29) is 23.4 Å². The fourth-order valence-corrected chi connectivity index (χ4v) is 3.45. The molecule has 2 aromatic heterocycles.